The number of nitrogens with zero attached hydrogens (tertiary/aromatic N) is 3. The number of hydrogen-bond acceptors (Lipinski definition) is 3. The van der Waals surface area contributed by atoms with Crippen LogP contribution in [0.25, 0.3) is 0 Å². The van der Waals surface area contributed by atoms with E-state index in [0.717, 1.165) is 23.9 Å². The van der Waals surface area contributed by atoms with Crippen LogP contribution in [0.3, 0.4) is 0 Å². The van der Waals surface area contributed by atoms with Crippen LogP contribution >= 0.6 is 15.9 Å². The molecule has 0 spiro atoms. The maximum atomic E-state index is 5.87. The Balaban J connectivity index is 2.04. The summed E-state index contributed by atoms with van der Waals surface area (Å²) in [6.07, 6.45) is 5.80. The quantitative estimate of drug-likeness (QED) is 0.761. The fourth-order valence-electron chi connectivity index (χ4n) is 1.74. The summed E-state index contributed by atoms with van der Waals surface area (Å²) in [6, 6.07) is 0. The van der Waals surface area contributed by atoms with Gasteiger partial charge in [-0.2, -0.15) is 0 Å². The third kappa shape index (κ3) is 2.15. The van der Waals surface area contributed by atoms with E-state index in [0.29, 0.717) is 6.10 Å². The molecule has 0 saturated carbocycles. The molecule has 2 atom stereocenters. The maximum Gasteiger partial charge on any atom is 0.111 e. The second kappa shape index (κ2) is 4.40. The van der Waals surface area contributed by atoms with Crippen molar-refractivity contribution in [2.45, 2.75) is 31.5 Å². The highest BCUT2D eigenvalue weighted by molar-refractivity contribution is 9.09. The Labute approximate surface area is 91.8 Å². The fraction of sp³-hybridized carbons (Fsp3) is 0.778. The van der Waals surface area contributed by atoms with Crippen LogP contribution < -0.4 is 0 Å². The van der Waals surface area contributed by atoms with Crippen molar-refractivity contribution in [1.29, 1.82) is 0 Å². The third-order valence-corrected chi connectivity index (χ3v) is 3.19. The van der Waals surface area contributed by atoms with Crippen molar-refractivity contribution in [3.05, 3.63) is 11.9 Å². The van der Waals surface area contributed by atoms with Gasteiger partial charge in [-0.15, -0.1) is 5.10 Å². The third-order valence-electron chi connectivity index (χ3n) is 2.47. The van der Waals surface area contributed by atoms with Crippen LogP contribution in [0, 0.1) is 0 Å². The number of alkyl halides is 1. The van der Waals surface area contributed by atoms with Gasteiger partial charge >= 0.3 is 0 Å². The summed E-state index contributed by atoms with van der Waals surface area (Å²) < 4.78 is 7.59. The van der Waals surface area contributed by atoms with Crippen LogP contribution in [0.15, 0.2) is 6.20 Å². The van der Waals surface area contributed by atoms with E-state index >= 15 is 0 Å². The van der Waals surface area contributed by atoms with Crippen LogP contribution in [0.4, 0.5) is 0 Å². The summed E-state index contributed by atoms with van der Waals surface area (Å²) in [5, 5.41) is 8.90. The van der Waals surface area contributed by atoms with Crippen molar-refractivity contribution in [3.63, 3.8) is 0 Å². The SMILES string of the molecule is Cn1cc(C2CCCC(CBr)O2)nn1. The molecule has 1 aromatic rings. The summed E-state index contributed by atoms with van der Waals surface area (Å²) in [4.78, 5) is 0. The van der Waals surface area contributed by atoms with E-state index in [2.05, 4.69) is 26.2 Å². The van der Waals surface area contributed by atoms with Crippen LogP contribution in [0.2, 0.25) is 0 Å². The van der Waals surface area contributed by atoms with Crippen LogP contribution in [-0.2, 0) is 11.8 Å². The molecular formula is C9H14BrN3O. The van der Waals surface area contributed by atoms with Crippen molar-refractivity contribution in [2.75, 3.05) is 5.33 Å². The topological polar surface area (TPSA) is 39.9 Å². The minimum absolute atomic E-state index is 0.139. The molecule has 5 heteroatoms. The molecule has 2 rings (SSSR count). The zero-order chi connectivity index (χ0) is 9.97. The lowest BCUT2D eigenvalue weighted by atomic mass is 10.0. The lowest BCUT2D eigenvalue weighted by Gasteiger charge is -2.27. The summed E-state index contributed by atoms with van der Waals surface area (Å²) in [5.74, 6) is 0. The van der Waals surface area contributed by atoms with E-state index in [-0.39, 0.29) is 6.10 Å². The lowest BCUT2D eigenvalue weighted by molar-refractivity contribution is -0.0405. The zero-order valence-corrected chi connectivity index (χ0v) is 9.77. The molecule has 14 heavy (non-hydrogen) atoms. The van der Waals surface area contributed by atoms with Crippen LogP contribution in [0.5, 0.6) is 0 Å². The van der Waals surface area contributed by atoms with Gasteiger partial charge in [0, 0.05) is 12.4 Å². The molecule has 0 aromatic carbocycles. The number of hydrogen-bond donors (Lipinski definition) is 0. The van der Waals surface area contributed by atoms with Crippen LogP contribution in [0.1, 0.15) is 31.1 Å². The first-order valence-electron chi connectivity index (χ1n) is 4.87. The Kier molecular flexibility index (Phi) is 3.18. The molecule has 1 saturated heterocycles. The molecule has 1 aromatic heterocycles. The van der Waals surface area contributed by atoms with Gasteiger partial charge in [-0.25, -0.2) is 0 Å². The number of aryl methyl sites for hydroxylation is 1. The highest BCUT2D eigenvalue weighted by atomic mass is 79.9. The number of ether oxygens (including phenoxy) is 1. The van der Waals surface area contributed by atoms with Gasteiger partial charge < -0.3 is 4.74 Å². The van der Waals surface area contributed by atoms with Crippen LogP contribution in [-0.4, -0.2) is 26.4 Å². The van der Waals surface area contributed by atoms with Gasteiger partial charge in [0.2, 0.25) is 0 Å². The van der Waals surface area contributed by atoms with Gasteiger partial charge in [-0.1, -0.05) is 21.1 Å². The predicted octanol–water partition coefficient (Wildman–Crippen LogP) is 1.82. The average molecular weight is 260 g/mol. The average Bonchev–Trinajstić information content (AvgIpc) is 2.65. The van der Waals surface area contributed by atoms with E-state index < -0.39 is 0 Å². The summed E-state index contributed by atoms with van der Waals surface area (Å²) in [7, 11) is 1.88. The smallest absolute Gasteiger partial charge is 0.111 e. The highest BCUT2D eigenvalue weighted by Gasteiger charge is 2.24. The second-order valence-corrected chi connectivity index (χ2v) is 4.30. The first-order chi connectivity index (χ1) is 6.79. The Morgan fingerprint density at radius 3 is 3.14 bits per heavy atom. The van der Waals surface area contributed by atoms with Gasteiger partial charge in [0.05, 0.1) is 12.3 Å². The Hall–Kier alpha value is -0.420. The molecule has 4 nitrogen and oxygen atoms in total. The first-order valence-corrected chi connectivity index (χ1v) is 5.99. The van der Waals surface area contributed by atoms with Gasteiger partial charge in [0.15, 0.2) is 0 Å². The lowest BCUT2D eigenvalue weighted by Crippen LogP contribution is -2.23. The zero-order valence-electron chi connectivity index (χ0n) is 8.19. The summed E-state index contributed by atoms with van der Waals surface area (Å²) >= 11 is 3.45. The molecule has 2 unspecified atom stereocenters. The van der Waals surface area contributed by atoms with Gasteiger partial charge in [-0.3, -0.25) is 4.68 Å². The Bertz CT molecular complexity index is 302. The van der Waals surface area contributed by atoms with Crippen molar-refractivity contribution >= 4 is 15.9 Å². The van der Waals surface area contributed by atoms with Gasteiger partial charge in [-0.05, 0) is 19.3 Å². The second-order valence-electron chi connectivity index (χ2n) is 3.65. The molecule has 2 heterocycles. The molecule has 78 valence electrons. The molecule has 1 aliphatic rings. The van der Waals surface area contributed by atoms with Gasteiger partial charge in [0.1, 0.15) is 11.8 Å². The molecule has 0 radical (unpaired) electrons. The first kappa shape index (κ1) is 10.1. The summed E-state index contributed by atoms with van der Waals surface area (Å²) in [5.41, 5.74) is 0.957. The van der Waals surface area contributed by atoms with E-state index in [1.807, 2.05) is 13.2 Å². The minimum atomic E-state index is 0.139. The minimum Gasteiger partial charge on any atom is -0.368 e. The number of rotatable bonds is 2. The molecule has 0 N–H and O–H groups in total. The largest absolute Gasteiger partial charge is 0.368 e. The van der Waals surface area contributed by atoms with E-state index in [4.69, 9.17) is 4.74 Å². The normalized spacial score (nSPS) is 27.9. The fourth-order valence-corrected chi connectivity index (χ4v) is 2.22. The Morgan fingerprint density at radius 2 is 2.50 bits per heavy atom. The van der Waals surface area contributed by atoms with Gasteiger partial charge in [0.25, 0.3) is 0 Å². The standard InChI is InChI=1S/C9H14BrN3O/c1-13-6-8(11-12-13)9-4-2-3-7(5-10)14-9/h6-7,9H,2-5H2,1H3. The van der Waals surface area contributed by atoms with Crippen molar-refractivity contribution < 1.29 is 4.74 Å². The molecular weight excluding hydrogens is 246 g/mol. The number of halogens is 1. The predicted molar refractivity (Wildman–Crippen MR) is 56.3 cm³/mol. The molecule has 0 amide bonds. The van der Waals surface area contributed by atoms with E-state index in [1.165, 1.54) is 6.42 Å². The van der Waals surface area contributed by atoms with E-state index in [1.54, 1.807) is 4.68 Å². The highest BCUT2D eigenvalue weighted by Crippen LogP contribution is 2.30. The summed E-state index contributed by atoms with van der Waals surface area (Å²) in [6.45, 7) is 0. The van der Waals surface area contributed by atoms with E-state index in [9.17, 15) is 0 Å². The molecule has 0 aliphatic carbocycles. The Morgan fingerprint density at radius 1 is 1.64 bits per heavy atom. The van der Waals surface area contributed by atoms with Crippen molar-refractivity contribution in [1.82, 2.24) is 15.0 Å². The maximum absolute atomic E-state index is 5.87. The molecule has 1 aliphatic heterocycles. The van der Waals surface area contributed by atoms with Crippen molar-refractivity contribution in [2.24, 2.45) is 7.05 Å². The number of aromatic nitrogens is 3. The monoisotopic (exact) mass is 259 g/mol. The molecule has 1 fully saturated rings. The van der Waals surface area contributed by atoms with Crippen molar-refractivity contribution in [3.8, 4) is 0 Å². The molecule has 0 bridgehead atoms.